The summed E-state index contributed by atoms with van der Waals surface area (Å²) >= 11 is 17.8. The van der Waals surface area contributed by atoms with Crippen LogP contribution in [0.2, 0.25) is 10.0 Å². The number of phenolic OH excluding ortho intramolecular Hbond substituents is 1. The average Bonchev–Trinajstić information content (AvgIpc) is 2.53. The first kappa shape index (κ1) is 13.7. The maximum Gasteiger partial charge on any atom is 0.265 e. The molecule has 0 atom stereocenters. The Morgan fingerprint density at radius 2 is 2.11 bits per heavy atom. The Kier molecular flexibility index (Phi) is 3.87. The zero-order valence-corrected chi connectivity index (χ0v) is 12.3. The normalized spacial score (nSPS) is 17.9. The number of halogens is 2. The Balaban J connectivity index is 2.46. The molecule has 0 unspecified atom stereocenters. The summed E-state index contributed by atoms with van der Waals surface area (Å²) in [6.45, 7) is 0. The molecule has 0 aliphatic carbocycles. The number of likely N-dealkylation sites (N-methyl/N-ethyl adjacent to an activating group) is 1. The highest BCUT2D eigenvalue weighted by Crippen LogP contribution is 2.36. The molecule has 3 nitrogen and oxygen atoms in total. The third-order valence-corrected chi connectivity index (χ3v) is 4.32. The number of hydrogen-bond donors (Lipinski definition) is 1. The van der Waals surface area contributed by atoms with Crippen molar-refractivity contribution in [3.8, 4) is 5.75 Å². The standard InChI is InChI=1S/C11H7Cl2NO2S2/c1-14-10(16)8(18-11(14)17)3-5-2-6(12)4-7(13)9(5)15/h2-4,15H,1H3. The van der Waals surface area contributed by atoms with Crippen molar-refractivity contribution in [2.45, 2.75) is 0 Å². The molecule has 1 fully saturated rings. The molecule has 1 amide bonds. The molecule has 1 aliphatic heterocycles. The maximum atomic E-state index is 11.8. The summed E-state index contributed by atoms with van der Waals surface area (Å²) in [4.78, 5) is 13.6. The molecule has 1 N–H and O–H groups in total. The minimum absolute atomic E-state index is 0.109. The van der Waals surface area contributed by atoms with Crippen LogP contribution in [0.3, 0.4) is 0 Å². The minimum atomic E-state index is -0.208. The first-order chi connectivity index (χ1) is 8.40. The molecule has 1 aromatic rings. The van der Waals surface area contributed by atoms with Gasteiger partial charge in [-0.2, -0.15) is 0 Å². The van der Waals surface area contributed by atoms with Crippen molar-refractivity contribution in [3.05, 3.63) is 32.6 Å². The van der Waals surface area contributed by atoms with E-state index in [2.05, 4.69) is 0 Å². The number of thiocarbonyl (C=S) groups is 1. The van der Waals surface area contributed by atoms with Crippen molar-refractivity contribution in [3.63, 3.8) is 0 Å². The van der Waals surface area contributed by atoms with Gasteiger partial charge in [-0.1, -0.05) is 47.2 Å². The lowest BCUT2D eigenvalue weighted by Crippen LogP contribution is -2.22. The first-order valence-corrected chi connectivity index (χ1v) is 6.78. The third kappa shape index (κ3) is 2.49. The van der Waals surface area contributed by atoms with Crippen LogP contribution in [-0.4, -0.2) is 27.3 Å². The molecule has 1 saturated heterocycles. The van der Waals surface area contributed by atoms with Crippen LogP contribution >= 0.6 is 47.2 Å². The molecule has 0 aromatic heterocycles. The fourth-order valence-corrected chi connectivity index (χ4v) is 3.06. The number of carbonyl (C=O) groups is 1. The zero-order valence-electron chi connectivity index (χ0n) is 9.11. The van der Waals surface area contributed by atoms with Crippen LogP contribution in [-0.2, 0) is 4.79 Å². The highest BCUT2D eigenvalue weighted by Gasteiger charge is 2.29. The summed E-state index contributed by atoms with van der Waals surface area (Å²) < 4.78 is 0.471. The fraction of sp³-hybridized carbons (Fsp3) is 0.0909. The predicted octanol–water partition coefficient (Wildman–Crippen LogP) is 3.53. The van der Waals surface area contributed by atoms with Crippen molar-refractivity contribution in [1.82, 2.24) is 4.90 Å². The average molecular weight is 320 g/mol. The third-order valence-electron chi connectivity index (χ3n) is 2.33. The van der Waals surface area contributed by atoms with Crippen LogP contribution in [0.5, 0.6) is 5.75 Å². The number of phenols is 1. The monoisotopic (exact) mass is 319 g/mol. The van der Waals surface area contributed by atoms with Crippen molar-refractivity contribution < 1.29 is 9.90 Å². The number of thioether (sulfide) groups is 1. The number of amides is 1. The van der Waals surface area contributed by atoms with Gasteiger partial charge >= 0.3 is 0 Å². The highest BCUT2D eigenvalue weighted by molar-refractivity contribution is 8.26. The van der Waals surface area contributed by atoms with Gasteiger partial charge in [0.05, 0.1) is 9.93 Å². The predicted molar refractivity (Wildman–Crippen MR) is 79.1 cm³/mol. The van der Waals surface area contributed by atoms with Crippen LogP contribution < -0.4 is 0 Å². The molecular weight excluding hydrogens is 313 g/mol. The molecule has 0 bridgehead atoms. The molecule has 0 saturated carbocycles. The van der Waals surface area contributed by atoms with Gasteiger partial charge in [-0.25, -0.2) is 0 Å². The second-order valence-corrected chi connectivity index (χ2v) is 6.09. The van der Waals surface area contributed by atoms with Crippen LogP contribution in [0.1, 0.15) is 5.56 Å². The quantitative estimate of drug-likeness (QED) is 0.635. The van der Waals surface area contributed by atoms with E-state index in [4.69, 9.17) is 35.4 Å². The molecule has 18 heavy (non-hydrogen) atoms. The number of rotatable bonds is 1. The molecule has 1 heterocycles. The van der Waals surface area contributed by atoms with Gasteiger partial charge in [-0.3, -0.25) is 9.69 Å². The van der Waals surface area contributed by atoms with Gasteiger partial charge in [-0.05, 0) is 18.2 Å². The molecular formula is C11H7Cl2NO2S2. The Labute approximate surface area is 123 Å². The molecule has 1 aliphatic rings. The van der Waals surface area contributed by atoms with Crippen molar-refractivity contribution in [1.29, 1.82) is 0 Å². The highest BCUT2D eigenvalue weighted by atomic mass is 35.5. The van der Waals surface area contributed by atoms with Gasteiger partial charge in [0, 0.05) is 17.6 Å². The largest absolute Gasteiger partial charge is 0.506 e. The van der Waals surface area contributed by atoms with E-state index in [0.29, 0.717) is 19.8 Å². The van der Waals surface area contributed by atoms with Crippen LogP contribution in [0.15, 0.2) is 17.0 Å². The van der Waals surface area contributed by atoms with Crippen molar-refractivity contribution in [2.75, 3.05) is 7.05 Å². The van der Waals surface area contributed by atoms with E-state index in [1.165, 1.54) is 34.9 Å². The zero-order chi connectivity index (χ0) is 13.4. The van der Waals surface area contributed by atoms with Crippen molar-refractivity contribution in [2.24, 2.45) is 0 Å². The topological polar surface area (TPSA) is 40.5 Å². The Bertz CT molecular complexity index is 587. The first-order valence-electron chi connectivity index (χ1n) is 4.79. The summed E-state index contributed by atoms with van der Waals surface area (Å²) in [6.07, 6.45) is 1.52. The van der Waals surface area contributed by atoms with E-state index in [1.54, 1.807) is 7.05 Å². The van der Waals surface area contributed by atoms with Crippen LogP contribution in [0.4, 0.5) is 0 Å². The lowest BCUT2D eigenvalue weighted by molar-refractivity contribution is -0.121. The Hall–Kier alpha value is -0.750. The van der Waals surface area contributed by atoms with Gasteiger partial charge < -0.3 is 5.11 Å². The van der Waals surface area contributed by atoms with Crippen LogP contribution in [0.25, 0.3) is 6.08 Å². The van der Waals surface area contributed by atoms with Crippen molar-refractivity contribution >= 4 is 63.5 Å². The summed E-state index contributed by atoms with van der Waals surface area (Å²) in [7, 11) is 1.60. The lowest BCUT2D eigenvalue weighted by Gasteiger charge is -2.05. The number of carbonyl (C=O) groups excluding carboxylic acids is 1. The molecule has 1 aromatic carbocycles. The van der Waals surface area contributed by atoms with E-state index in [9.17, 15) is 9.90 Å². The van der Waals surface area contributed by atoms with E-state index in [1.807, 2.05) is 0 Å². The minimum Gasteiger partial charge on any atom is -0.506 e. The Morgan fingerprint density at radius 1 is 1.44 bits per heavy atom. The number of aromatic hydroxyl groups is 1. The maximum absolute atomic E-state index is 11.8. The molecule has 2 rings (SSSR count). The molecule has 7 heteroatoms. The van der Waals surface area contributed by atoms with E-state index in [-0.39, 0.29) is 16.7 Å². The summed E-state index contributed by atoms with van der Waals surface area (Å²) in [5.41, 5.74) is 0.390. The van der Waals surface area contributed by atoms with Gasteiger partial charge in [0.1, 0.15) is 10.1 Å². The lowest BCUT2D eigenvalue weighted by atomic mass is 10.2. The van der Waals surface area contributed by atoms with Gasteiger partial charge in [0.25, 0.3) is 5.91 Å². The number of benzene rings is 1. The van der Waals surface area contributed by atoms with Gasteiger partial charge in [-0.15, -0.1) is 0 Å². The summed E-state index contributed by atoms with van der Waals surface area (Å²) in [6, 6.07) is 2.96. The number of nitrogens with zero attached hydrogens (tertiary/aromatic N) is 1. The number of hydrogen-bond acceptors (Lipinski definition) is 4. The summed E-state index contributed by atoms with van der Waals surface area (Å²) in [5.74, 6) is -0.317. The Morgan fingerprint density at radius 3 is 2.67 bits per heavy atom. The van der Waals surface area contributed by atoms with E-state index < -0.39 is 0 Å². The van der Waals surface area contributed by atoms with E-state index >= 15 is 0 Å². The second kappa shape index (κ2) is 5.09. The molecule has 0 spiro atoms. The van der Waals surface area contributed by atoms with Crippen LogP contribution in [0, 0.1) is 0 Å². The van der Waals surface area contributed by atoms with E-state index in [0.717, 1.165) is 0 Å². The fourth-order valence-electron chi connectivity index (χ4n) is 1.38. The second-order valence-electron chi connectivity index (χ2n) is 3.57. The van der Waals surface area contributed by atoms with Gasteiger partial charge in [0.15, 0.2) is 0 Å². The smallest absolute Gasteiger partial charge is 0.265 e. The molecule has 0 radical (unpaired) electrons. The SMILES string of the molecule is CN1C(=O)C(=Cc2cc(Cl)cc(Cl)c2O)SC1=S. The van der Waals surface area contributed by atoms with Gasteiger partial charge in [0.2, 0.25) is 0 Å². The summed E-state index contributed by atoms with van der Waals surface area (Å²) in [5, 5.41) is 10.3. The molecule has 94 valence electrons.